The molecule has 22 heavy (non-hydrogen) atoms. The predicted octanol–water partition coefficient (Wildman–Crippen LogP) is 0.237. The number of hydrogen-bond acceptors (Lipinski definition) is 5. The Morgan fingerprint density at radius 2 is 2.09 bits per heavy atom. The molecule has 1 unspecified atom stereocenters. The quantitative estimate of drug-likeness (QED) is 0.346. The number of hydrogen-bond donors (Lipinski definition) is 4. The van der Waals surface area contributed by atoms with Crippen molar-refractivity contribution in [3.05, 3.63) is 54.1 Å². The van der Waals surface area contributed by atoms with E-state index in [9.17, 15) is 9.59 Å². The van der Waals surface area contributed by atoms with Gasteiger partial charge in [-0.3, -0.25) is 10.2 Å². The number of aromatic nitrogens is 2. The van der Waals surface area contributed by atoms with Gasteiger partial charge >= 0.3 is 6.09 Å². The van der Waals surface area contributed by atoms with Crippen molar-refractivity contribution in [3.8, 4) is 0 Å². The van der Waals surface area contributed by atoms with E-state index in [-0.39, 0.29) is 13.0 Å². The van der Waals surface area contributed by atoms with Gasteiger partial charge in [0.15, 0.2) is 0 Å². The standard InChI is InChI=1S/C14H17N5O3/c15-19-13(20)11(8-12-16-6-7-17-12)18-14(21)22-9-10-4-2-1-3-5-10/h1-7,11H,8-9,15H2,(H,16,17)(H,18,21)(H,19,20). The Bertz CT molecular complexity index is 600. The van der Waals surface area contributed by atoms with Gasteiger partial charge in [0.05, 0.1) is 0 Å². The number of nitrogens with two attached hydrogens (primary N) is 1. The molecule has 0 radical (unpaired) electrons. The fourth-order valence-corrected chi connectivity index (χ4v) is 1.82. The molecule has 8 heteroatoms. The second-order valence-electron chi connectivity index (χ2n) is 4.51. The van der Waals surface area contributed by atoms with Crippen LogP contribution in [0, 0.1) is 0 Å². The average molecular weight is 303 g/mol. The summed E-state index contributed by atoms with van der Waals surface area (Å²) < 4.78 is 5.07. The lowest BCUT2D eigenvalue weighted by Crippen LogP contribution is -2.50. The van der Waals surface area contributed by atoms with Crippen LogP contribution in [0.4, 0.5) is 4.79 Å². The number of alkyl carbamates (subject to hydrolysis) is 1. The van der Waals surface area contributed by atoms with Crippen molar-refractivity contribution in [1.29, 1.82) is 0 Å². The summed E-state index contributed by atoms with van der Waals surface area (Å²) in [6.07, 6.45) is 2.65. The number of amides is 2. The SMILES string of the molecule is NNC(=O)C(Cc1ncc[nH]1)NC(=O)OCc1ccccc1. The molecule has 2 amide bonds. The van der Waals surface area contributed by atoms with Crippen LogP contribution < -0.4 is 16.6 Å². The molecule has 0 aliphatic carbocycles. The van der Waals surface area contributed by atoms with E-state index in [1.165, 1.54) is 0 Å². The molecule has 0 spiro atoms. The van der Waals surface area contributed by atoms with Gasteiger partial charge in [0, 0.05) is 18.8 Å². The number of hydrazine groups is 1. The highest BCUT2D eigenvalue weighted by Gasteiger charge is 2.22. The largest absolute Gasteiger partial charge is 0.445 e. The van der Waals surface area contributed by atoms with Crippen molar-refractivity contribution in [2.24, 2.45) is 5.84 Å². The van der Waals surface area contributed by atoms with E-state index in [0.29, 0.717) is 5.82 Å². The lowest BCUT2D eigenvalue weighted by molar-refractivity contribution is -0.123. The van der Waals surface area contributed by atoms with Crippen LogP contribution in [0.2, 0.25) is 0 Å². The van der Waals surface area contributed by atoms with Crippen molar-refractivity contribution >= 4 is 12.0 Å². The maximum atomic E-state index is 11.8. The first-order chi connectivity index (χ1) is 10.7. The number of rotatable bonds is 6. The fraction of sp³-hybridized carbons (Fsp3) is 0.214. The van der Waals surface area contributed by atoms with Crippen LogP contribution in [0.3, 0.4) is 0 Å². The van der Waals surface area contributed by atoms with Gasteiger partial charge < -0.3 is 15.0 Å². The third kappa shape index (κ3) is 4.60. The van der Waals surface area contributed by atoms with Gasteiger partial charge in [0.25, 0.3) is 5.91 Å². The Kier molecular flexibility index (Phi) is 5.50. The minimum atomic E-state index is -0.876. The first-order valence-electron chi connectivity index (χ1n) is 6.65. The molecule has 0 aliphatic heterocycles. The summed E-state index contributed by atoms with van der Waals surface area (Å²) in [6, 6.07) is 8.35. The van der Waals surface area contributed by atoms with Crippen molar-refractivity contribution < 1.29 is 14.3 Å². The first kappa shape index (κ1) is 15.5. The molecular formula is C14H17N5O3. The van der Waals surface area contributed by atoms with E-state index >= 15 is 0 Å². The zero-order valence-electron chi connectivity index (χ0n) is 11.8. The van der Waals surface area contributed by atoms with Crippen molar-refractivity contribution in [3.63, 3.8) is 0 Å². The number of H-pyrrole nitrogens is 1. The highest BCUT2D eigenvalue weighted by Crippen LogP contribution is 2.02. The minimum Gasteiger partial charge on any atom is -0.445 e. The monoisotopic (exact) mass is 303 g/mol. The Morgan fingerprint density at radius 3 is 2.73 bits per heavy atom. The van der Waals surface area contributed by atoms with Gasteiger partial charge in [-0.1, -0.05) is 30.3 Å². The van der Waals surface area contributed by atoms with Crippen molar-refractivity contribution in [2.75, 3.05) is 0 Å². The summed E-state index contributed by atoms with van der Waals surface area (Å²) in [7, 11) is 0. The van der Waals surface area contributed by atoms with Crippen molar-refractivity contribution in [2.45, 2.75) is 19.1 Å². The smallest absolute Gasteiger partial charge is 0.408 e. The van der Waals surface area contributed by atoms with Gasteiger partial charge in [-0.05, 0) is 5.56 Å². The summed E-state index contributed by atoms with van der Waals surface area (Å²) in [5, 5.41) is 2.46. The maximum Gasteiger partial charge on any atom is 0.408 e. The van der Waals surface area contributed by atoms with Crippen LogP contribution >= 0.6 is 0 Å². The minimum absolute atomic E-state index is 0.115. The van der Waals surface area contributed by atoms with Gasteiger partial charge in [-0.2, -0.15) is 0 Å². The Hall–Kier alpha value is -2.87. The van der Waals surface area contributed by atoms with Crippen LogP contribution in [0.5, 0.6) is 0 Å². The summed E-state index contributed by atoms with van der Waals surface area (Å²) >= 11 is 0. The highest BCUT2D eigenvalue weighted by molar-refractivity contribution is 5.85. The Balaban J connectivity index is 1.88. The first-order valence-corrected chi connectivity index (χ1v) is 6.65. The number of nitrogens with zero attached hydrogens (tertiary/aromatic N) is 1. The molecule has 0 bridgehead atoms. The molecule has 1 atom stereocenters. The molecule has 0 saturated carbocycles. The molecule has 0 saturated heterocycles. The molecule has 2 rings (SSSR count). The van der Waals surface area contributed by atoms with Crippen molar-refractivity contribution in [1.82, 2.24) is 20.7 Å². The van der Waals surface area contributed by atoms with Crippen LogP contribution in [0.25, 0.3) is 0 Å². The maximum absolute atomic E-state index is 11.8. The molecule has 1 aromatic carbocycles. The molecule has 2 aromatic rings. The number of benzene rings is 1. The second kappa shape index (κ2) is 7.79. The predicted molar refractivity (Wildman–Crippen MR) is 78.2 cm³/mol. The Morgan fingerprint density at radius 1 is 1.32 bits per heavy atom. The molecule has 0 fully saturated rings. The van der Waals surface area contributed by atoms with E-state index in [4.69, 9.17) is 10.6 Å². The van der Waals surface area contributed by atoms with Crippen LogP contribution in [-0.2, 0) is 22.6 Å². The number of nitrogens with one attached hydrogen (secondary N) is 3. The lowest BCUT2D eigenvalue weighted by atomic mass is 10.2. The second-order valence-corrected chi connectivity index (χ2v) is 4.51. The fourth-order valence-electron chi connectivity index (χ4n) is 1.82. The molecule has 1 aromatic heterocycles. The third-order valence-electron chi connectivity index (χ3n) is 2.92. The molecule has 0 aliphatic rings. The van der Waals surface area contributed by atoms with Crippen LogP contribution in [0.15, 0.2) is 42.7 Å². The van der Waals surface area contributed by atoms with Gasteiger partial charge in [-0.15, -0.1) is 0 Å². The van der Waals surface area contributed by atoms with Gasteiger partial charge in [-0.25, -0.2) is 15.6 Å². The number of imidazole rings is 1. The van der Waals surface area contributed by atoms with Gasteiger partial charge in [0.1, 0.15) is 18.5 Å². The van der Waals surface area contributed by atoms with E-state index in [0.717, 1.165) is 5.56 Å². The molecule has 1 heterocycles. The molecular weight excluding hydrogens is 286 g/mol. The van der Waals surface area contributed by atoms with E-state index < -0.39 is 18.0 Å². The van der Waals surface area contributed by atoms with E-state index in [2.05, 4.69) is 15.3 Å². The summed E-state index contributed by atoms with van der Waals surface area (Å²) in [5.41, 5.74) is 2.86. The highest BCUT2D eigenvalue weighted by atomic mass is 16.5. The number of carbonyl (C=O) groups is 2. The zero-order valence-corrected chi connectivity index (χ0v) is 11.8. The zero-order chi connectivity index (χ0) is 15.8. The summed E-state index contributed by atoms with van der Waals surface area (Å²) in [4.78, 5) is 30.3. The van der Waals surface area contributed by atoms with E-state index in [1.807, 2.05) is 35.8 Å². The average Bonchev–Trinajstić information content (AvgIpc) is 3.05. The number of ether oxygens (including phenoxy) is 1. The summed E-state index contributed by atoms with van der Waals surface area (Å²) in [5.74, 6) is 5.14. The van der Waals surface area contributed by atoms with Crippen LogP contribution in [-0.4, -0.2) is 28.0 Å². The number of carbonyl (C=O) groups excluding carboxylic acids is 2. The molecule has 5 N–H and O–H groups in total. The lowest BCUT2D eigenvalue weighted by Gasteiger charge is -2.16. The normalized spacial score (nSPS) is 11.5. The molecule has 8 nitrogen and oxygen atoms in total. The van der Waals surface area contributed by atoms with E-state index in [1.54, 1.807) is 12.4 Å². The third-order valence-corrected chi connectivity index (χ3v) is 2.92. The number of aromatic amines is 1. The molecule has 116 valence electrons. The summed E-state index contributed by atoms with van der Waals surface area (Å²) in [6.45, 7) is 0.115. The van der Waals surface area contributed by atoms with Crippen LogP contribution in [0.1, 0.15) is 11.4 Å². The van der Waals surface area contributed by atoms with Gasteiger partial charge in [0.2, 0.25) is 0 Å². The Labute approximate surface area is 127 Å². The topological polar surface area (TPSA) is 122 Å².